The van der Waals surface area contributed by atoms with Crippen LogP contribution in [-0.2, 0) is 13.1 Å². The Kier molecular flexibility index (Phi) is 3.54. The maximum Gasteiger partial charge on any atom is 0.259 e. The molecule has 0 aromatic carbocycles. The van der Waals surface area contributed by atoms with Crippen LogP contribution in [0.25, 0.3) is 10.2 Å². The molecule has 0 radical (unpaired) electrons. The van der Waals surface area contributed by atoms with E-state index in [-0.39, 0.29) is 11.6 Å². The van der Waals surface area contributed by atoms with Gasteiger partial charge in [-0.25, -0.2) is 4.98 Å². The summed E-state index contributed by atoms with van der Waals surface area (Å²) >= 11 is 1.59. The highest BCUT2D eigenvalue weighted by atomic mass is 32.1. The van der Waals surface area contributed by atoms with E-state index in [1.807, 2.05) is 20.8 Å². The first-order chi connectivity index (χ1) is 11.5. The van der Waals surface area contributed by atoms with Crippen LogP contribution in [0.1, 0.15) is 40.9 Å². The number of nitrogens with zero attached hydrogens (tertiary/aromatic N) is 5. The molecule has 0 amide bonds. The summed E-state index contributed by atoms with van der Waals surface area (Å²) in [6.45, 7) is 10.5. The summed E-state index contributed by atoms with van der Waals surface area (Å²) in [5.74, 6) is 2.64. The summed E-state index contributed by atoms with van der Waals surface area (Å²) in [5, 5.41) is 9.12. The minimum absolute atomic E-state index is 0.0237. The van der Waals surface area contributed by atoms with Gasteiger partial charge < -0.3 is 9.55 Å². The second-order valence-corrected chi connectivity index (χ2v) is 7.58. The van der Waals surface area contributed by atoms with E-state index in [4.69, 9.17) is 4.98 Å². The number of aromatic nitrogens is 5. The Bertz CT molecular complexity index is 985. The second kappa shape index (κ2) is 5.49. The van der Waals surface area contributed by atoms with Gasteiger partial charge in [-0.15, -0.1) is 21.5 Å². The Labute approximate surface area is 143 Å². The van der Waals surface area contributed by atoms with Crippen molar-refractivity contribution >= 4 is 21.6 Å². The van der Waals surface area contributed by atoms with Crippen molar-refractivity contribution in [3.05, 3.63) is 38.3 Å². The first-order valence-corrected chi connectivity index (χ1v) is 8.90. The van der Waals surface area contributed by atoms with E-state index in [9.17, 15) is 4.79 Å². The molecule has 0 saturated carbocycles. The quantitative estimate of drug-likeness (QED) is 0.770. The summed E-state index contributed by atoms with van der Waals surface area (Å²) in [4.78, 5) is 24.5. The lowest BCUT2D eigenvalue weighted by atomic mass is 10.2. The van der Waals surface area contributed by atoms with Crippen LogP contribution >= 0.6 is 11.3 Å². The monoisotopic (exact) mass is 344 g/mol. The van der Waals surface area contributed by atoms with Gasteiger partial charge in [0, 0.05) is 18.0 Å². The predicted octanol–water partition coefficient (Wildman–Crippen LogP) is 2.08. The van der Waals surface area contributed by atoms with Crippen molar-refractivity contribution in [2.75, 3.05) is 6.54 Å². The Morgan fingerprint density at radius 3 is 2.79 bits per heavy atom. The molecule has 3 aromatic rings. The van der Waals surface area contributed by atoms with E-state index < -0.39 is 0 Å². The van der Waals surface area contributed by atoms with Crippen LogP contribution < -0.4 is 5.56 Å². The molecule has 1 N–H and O–H groups in total. The lowest BCUT2D eigenvalue weighted by Crippen LogP contribution is -2.37. The molecule has 0 spiro atoms. The zero-order valence-electron chi connectivity index (χ0n) is 14.3. The summed E-state index contributed by atoms with van der Waals surface area (Å²) < 4.78 is 2.15. The van der Waals surface area contributed by atoms with Crippen molar-refractivity contribution in [2.24, 2.45) is 0 Å². The van der Waals surface area contributed by atoms with Crippen molar-refractivity contribution in [3.8, 4) is 0 Å². The molecule has 0 aliphatic carbocycles. The number of aryl methyl sites for hydroxylation is 3. The van der Waals surface area contributed by atoms with Crippen LogP contribution in [0.4, 0.5) is 0 Å². The molecule has 0 saturated heterocycles. The molecular weight excluding hydrogens is 324 g/mol. The fraction of sp³-hybridized carbons (Fsp3) is 0.500. The molecule has 1 aliphatic rings. The molecule has 1 unspecified atom stereocenters. The Hall–Kier alpha value is -2.06. The number of aromatic amines is 1. The number of nitrogens with one attached hydrogen (secondary N) is 1. The first-order valence-electron chi connectivity index (χ1n) is 8.08. The molecule has 8 heteroatoms. The number of fused-ring (bicyclic) bond motifs is 2. The first kappa shape index (κ1) is 15.5. The topological polar surface area (TPSA) is 79.7 Å². The number of H-pyrrole nitrogens is 1. The second-order valence-electron chi connectivity index (χ2n) is 6.38. The third-order valence-electron chi connectivity index (χ3n) is 4.97. The maximum absolute atomic E-state index is 12.5. The zero-order valence-corrected chi connectivity index (χ0v) is 15.1. The van der Waals surface area contributed by atoms with Crippen LogP contribution in [0.5, 0.6) is 0 Å². The summed E-state index contributed by atoms with van der Waals surface area (Å²) in [7, 11) is 0. The van der Waals surface area contributed by atoms with E-state index in [0.717, 1.165) is 51.2 Å². The van der Waals surface area contributed by atoms with Gasteiger partial charge in [0.25, 0.3) is 5.56 Å². The number of hydrogen-bond donors (Lipinski definition) is 1. The Balaban J connectivity index is 1.69. The predicted molar refractivity (Wildman–Crippen MR) is 93.3 cm³/mol. The number of hydrogen-bond acceptors (Lipinski definition) is 6. The summed E-state index contributed by atoms with van der Waals surface area (Å²) in [6, 6.07) is 0.0237. The zero-order chi connectivity index (χ0) is 17.0. The van der Waals surface area contributed by atoms with Gasteiger partial charge in [0.1, 0.15) is 22.3 Å². The van der Waals surface area contributed by atoms with E-state index in [1.165, 1.54) is 0 Å². The average Bonchev–Trinajstić information content (AvgIpc) is 3.07. The molecule has 24 heavy (non-hydrogen) atoms. The van der Waals surface area contributed by atoms with E-state index >= 15 is 0 Å². The molecule has 3 aromatic heterocycles. The van der Waals surface area contributed by atoms with Gasteiger partial charge in [-0.05, 0) is 33.3 Å². The van der Waals surface area contributed by atoms with Gasteiger partial charge >= 0.3 is 0 Å². The van der Waals surface area contributed by atoms with Crippen molar-refractivity contribution in [3.63, 3.8) is 0 Å². The molecule has 126 valence electrons. The molecule has 4 heterocycles. The van der Waals surface area contributed by atoms with Crippen molar-refractivity contribution in [1.82, 2.24) is 29.6 Å². The minimum atomic E-state index is -0.0419. The highest BCUT2D eigenvalue weighted by Crippen LogP contribution is 2.28. The molecule has 0 fully saturated rings. The average molecular weight is 344 g/mol. The lowest BCUT2D eigenvalue weighted by Gasteiger charge is -2.31. The van der Waals surface area contributed by atoms with Crippen LogP contribution in [0.2, 0.25) is 0 Å². The van der Waals surface area contributed by atoms with Gasteiger partial charge in [0.15, 0.2) is 0 Å². The van der Waals surface area contributed by atoms with Gasteiger partial charge in [-0.3, -0.25) is 9.69 Å². The van der Waals surface area contributed by atoms with Crippen LogP contribution in [0, 0.1) is 20.8 Å². The molecule has 0 bridgehead atoms. The van der Waals surface area contributed by atoms with E-state index in [0.29, 0.717) is 6.54 Å². The molecule has 1 aliphatic heterocycles. The standard InChI is InChI=1S/C16H20N6OS/c1-8-10(3)24-16-13(8)15(23)17-14(18-16)9(2)21-5-6-22-11(4)19-20-12(22)7-21/h9H,5-7H2,1-4H3,(H,17,18,23). The van der Waals surface area contributed by atoms with Crippen LogP contribution in [-0.4, -0.2) is 36.2 Å². The van der Waals surface area contributed by atoms with Crippen LogP contribution in [0.3, 0.4) is 0 Å². The Morgan fingerprint density at radius 1 is 1.21 bits per heavy atom. The van der Waals surface area contributed by atoms with Gasteiger partial charge in [0.2, 0.25) is 0 Å². The molecule has 7 nitrogen and oxygen atoms in total. The van der Waals surface area contributed by atoms with Crippen molar-refractivity contribution in [2.45, 2.75) is 46.8 Å². The number of rotatable bonds is 2. The largest absolute Gasteiger partial charge is 0.313 e. The fourth-order valence-corrected chi connectivity index (χ4v) is 4.33. The smallest absolute Gasteiger partial charge is 0.259 e. The van der Waals surface area contributed by atoms with E-state index in [2.05, 4.69) is 31.6 Å². The van der Waals surface area contributed by atoms with Crippen molar-refractivity contribution < 1.29 is 0 Å². The van der Waals surface area contributed by atoms with E-state index in [1.54, 1.807) is 11.3 Å². The summed E-state index contributed by atoms with van der Waals surface area (Å²) in [5.41, 5.74) is 0.990. The number of thiophene rings is 1. The molecular formula is C16H20N6OS. The van der Waals surface area contributed by atoms with Crippen LogP contribution in [0.15, 0.2) is 4.79 Å². The van der Waals surface area contributed by atoms with Gasteiger partial charge in [-0.2, -0.15) is 0 Å². The lowest BCUT2D eigenvalue weighted by molar-refractivity contribution is 0.157. The Morgan fingerprint density at radius 2 is 2.00 bits per heavy atom. The minimum Gasteiger partial charge on any atom is -0.313 e. The highest BCUT2D eigenvalue weighted by Gasteiger charge is 2.26. The fourth-order valence-electron chi connectivity index (χ4n) is 3.29. The SMILES string of the molecule is Cc1sc2nc(C(C)N3CCn4c(C)nnc4C3)[nH]c(=O)c2c1C. The third kappa shape index (κ3) is 2.29. The molecule has 4 rings (SSSR count). The normalized spacial score (nSPS) is 16.5. The highest BCUT2D eigenvalue weighted by molar-refractivity contribution is 7.18. The van der Waals surface area contributed by atoms with Gasteiger partial charge in [0.05, 0.1) is 18.0 Å². The molecule has 1 atom stereocenters. The summed E-state index contributed by atoms with van der Waals surface area (Å²) in [6.07, 6.45) is 0. The maximum atomic E-state index is 12.5. The third-order valence-corrected chi connectivity index (χ3v) is 6.07. The van der Waals surface area contributed by atoms with Gasteiger partial charge in [-0.1, -0.05) is 0 Å². The van der Waals surface area contributed by atoms with Crippen molar-refractivity contribution in [1.29, 1.82) is 0 Å².